The minimum absolute atomic E-state index is 0.0360. The van der Waals surface area contributed by atoms with Gasteiger partial charge in [-0.05, 0) is 70.4 Å². The maximum Gasteiger partial charge on any atom is 0.409 e. The molecule has 0 bridgehead atoms. The quantitative estimate of drug-likeness (QED) is 0.378. The second kappa shape index (κ2) is 12.7. The number of aromatic nitrogens is 4. The standard InChI is InChI=1S/C27H37F2N5O5/c1-16(2)38-26(35)18-9-6-10-19(13-18)39-22-12-11-20(30-24(22)25(28)29)23-21(34(4)32-31-23)15-37-27(36)33(3)14-17-7-5-8-17/h11-12,16-19,25H,5-10,13-15H2,1-4H3/t18-,19-/m0/s1. The van der Waals surface area contributed by atoms with Crippen LogP contribution in [-0.2, 0) is 27.9 Å². The summed E-state index contributed by atoms with van der Waals surface area (Å²) in [5.74, 6) is -0.148. The molecule has 0 spiro atoms. The zero-order chi connectivity index (χ0) is 28.1. The minimum Gasteiger partial charge on any atom is -0.488 e. The van der Waals surface area contributed by atoms with E-state index in [1.165, 1.54) is 23.2 Å². The minimum atomic E-state index is -2.90. The third-order valence-corrected chi connectivity index (χ3v) is 7.28. The van der Waals surface area contributed by atoms with Gasteiger partial charge in [-0.15, -0.1) is 5.10 Å². The molecule has 2 aromatic heterocycles. The molecule has 39 heavy (non-hydrogen) atoms. The van der Waals surface area contributed by atoms with E-state index in [2.05, 4.69) is 15.3 Å². The number of nitrogens with zero attached hydrogens (tertiary/aromatic N) is 5. The van der Waals surface area contributed by atoms with E-state index in [-0.39, 0.29) is 41.7 Å². The number of hydrogen-bond donors (Lipinski definition) is 0. The van der Waals surface area contributed by atoms with E-state index in [9.17, 15) is 18.4 Å². The van der Waals surface area contributed by atoms with Gasteiger partial charge < -0.3 is 19.1 Å². The fraction of sp³-hybridized carbons (Fsp3) is 0.667. The fourth-order valence-corrected chi connectivity index (χ4v) is 4.94. The van der Waals surface area contributed by atoms with Crippen molar-refractivity contribution in [3.05, 3.63) is 23.5 Å². The zero-order valence-corrected chi connectivity index (χ0v) is 22.9. The second-order valence-corrected chi connectivity index (χ2v) is 10.7. The Hall–Kier alpha value is -3.31. The Balaban J connectivity index is 1.45. The molecule has 0 radical (unpaired) electrons. The third kappa shape index (κ3) is 7.21. The van der Waals surface area contributed by atoms with Gasteiger partial charge in [0.2, 0.25) is 0 Å². The van der Waals surface area contributed by atoms with Crippen LogP contribution in [0.25, 0.3) is 11.4 Å². The van der Waals surface area contributed by atoms with E-state index < -0.39 is 24.3 Å². The van der Waals surface area contributed by atoms with Crippen LogP contribution in [0.3, 0.4) is 0 Å². The van der Waals surface area contributed by atoms with E-state index in [4.69, 9.17) is 14.2 Å². The maximum atomic E-state index is 14.1. The van der Waals surface area contributed by atoms with Crippen molar-refractivity contribution in [2.45, 2.75) is 84.0 Å². The van der Waals surface area contributed by atoms with Gasteiger partial charge in [0.15, 0.2) is 0 Å². The van der Waals surface area contributed by atoms with Crippen LogP contribution in [-0.4, -0.2) is 62.7 Å². The SMILES string of the molecule is CC(C)OC(=O)[C@H]1CCC[C@H](Oc2ccc(-c3nnn(C)c3COC(=O)N(C)CC3CCC3)nc2C(F)F)C1. The summed E-state index contributed by atoms with van der Waals surface area (Å²) >= 11 is 0. The molecule has 2 atom stereocenters. The van der Waals surface area contributed by atoms with Gasteiger partial charge in [-0.1, -0.05) is 11.6 Å². The summed E-state index contributed by atoms with van der Waals surface area (Å²) < 4.78 is 46.3. The molecule has 2 fully saturated rings. The van der Waals surface area contributed by atoms with Gasteiger partial charge >= 0.3 is 12.1 Å². The van der Waals surface area contributed by atoms with Crippen molar-refractivity contribution in [1.29, 1.82) is 0 Å². The van der Waals surface area contributed by atoms with Gasteiger partial charge in [0.25, 0.3) is 6.43 Å². The summed E-state index contributed by atoms with van der Waals surface area (Å²) in [5.41, 5.74) is 0.324. The van der Waals surface area contributed by atoms with Crippen molar-refractivity contribution in [2.24, 2.45) is 18.9 Å². The molecule has 0 unspecified atom stereocenters. The van der Waals surface area contributed by atoms with Crippen molar-refractivity contribution >= 4 is 12.1 Å². The van der Waals surface area contributed by atoms with Gasteiger partial charge in [-0.3, -0.25) is 4.79 Å². The molecular weight excluding hydrogens is 512 g/mol. The number of rotatable bonds is 10. The lowest BCUT2D eigenvalue weighted by Gasteiger charge is -2.29. The lowest BCUT2D eigenvalue weighted by molar-refractivity contribution is -0.154. The zero-order valence-electron chi connectivity index (χ0n) is 22.9. The van der Waals surface area contributed by atoms with Crippen molar-refractivity contribution in [3.63, 3.8) is 0 Å². The summed E-state index contributed by atoms with van der Waals surface area (Å²) in [6, 6.07) is 2.98. The lowest BCUT2D eigenvalue weighted by atomic mass is 9.85. The van der Waals surface area contributed by atoms with Crippen molar-refractivity contribution in [1.82, 2.24) is 24.9 Å². The summed E-state index contributed by atoms with van der Waals surface area (Å²) in [6.45, 7) is 4.08. The van der Waals surface area contributed by atoms with Crippen LogP contribution >= 0.6 is 0 Å². The Labute approximate surface area is 227 Å². The Kier molecular flexibility index (Phi) is 9.34. The van der Waals surface area contributed by atoms with Crippen molar-refractivity contribution in [2.75, 3.05) is 13.6 Å². The number of amides is 1. The Morgan fingerprint density at radius 1 is 1.15 bits per heavy atom. The molecule has 2 heterocycles. The molecule has 12 heteroatoms. The van der Waals surface area contributed by atoms with E-state index in [1.54, 1.807) is 32.8 Å². The molecule has 214 valence electrons. The highest BCUT2D eigenvalue weighted by Gasteiger charge is 2.31. The van der Waals surface area contributed by atoms with Crippen molar-refractivity contribution < 1.29 is 32.6 Å². The van der Waals surface area contributed by atoms with Gasteiger partial charge in [0.05, 0.1) is 23.8 Å². The maximum absolute atomic E-state index is 14.1. The molecule has 0 saturated heterocycles. The molecule has 0 aliphatic heterocycles. The monoisotopic (exact) mass is 549 g/mol. The van der Waals surface area contributed by atoms with Crippen molar-refractivity contribution in [3.8, 4) is 17.1 Å². The number of aryl methyl sites for hydroxylation is 1. The average molecular weight is 550 g/mol. The van der Waals surface area contributed by atoms with Crippen LogP contribution in [0.2, 0.25) is 0 Å². The van der Waals surface area contributed by atoms with Crippen LogP contribution < -0.4 is 4.74 Å². The molecule has 2 aromatic rings. The third-order valence-electron chi connectivity index (χ3n) is 7.28. The number of carbonyl (C=O) groups is 2. The summed E-state index contributed by atoms with van der Waals surface area (Å²) in [4.78, 5) is 30.5. The normalized spacial score (nSPS) is 19.6. The Morgan fingerprint density at radius 3 is 2.56 bits per heavy atom. The summed E-state index contributed by atoms with van der Waals surface area (Å²) in [6.07, 6.45) is 1.86. The van der Waals surface area contributed by atoms with E-state index >= 15 is 0 Å². The smallest absolute Gasteiger partial charge is 0.409 e. The number of pyridine rings is 1. The lowest BCUT2D eigenvalue weighted by Crippen LogP contribution is -2.34. The molecule has 2 saturated carbocycles. The highest BCUT2D eigenvalue weighted by molar-refractivity contribution is 5.72. The topological polar surface area (TPSA) is 109 Å². The van der Waals surface area contributed by atoms with E-state index in [0.29, 0.717) is 37.4 Å². The predicted octanol–water partition coefficient (Wildman–Crippen LogP) is 5.07. The number of carbonyl (C=O) groups excluding carboxylic acids is 2. The first-order valence-electron chi connectivity index (χ1n) is 13.5. The number of alkyl halides is 2. The van der Waals surface area contributed by atoms with Crippen LogP contribution in [0.15, 0.2) is 12.1 Å². The van der Waals surface area contributed by atoms with Crippen LogP contribution in [0, 0.1) is 11.8 Å². The van der Waals surface area contributed by atoms with Crippen LogP contribution in [0.4, 0.5) is 13.6 Å². The predicted molar refractivity (Wildman–Crippen MR) is 137 cm³/mol. The van der Waals surface area contributed by atoms with E-state index in [1.807, 2.05) is 0 Å². The van der Waals surface area contributed by atoms with Crippen LogP contribution in [0.1, 0.15) is 76.6 Å². The number of halogens is 2. The largest absolute Gasteiger partial charge is 0.488 e. The Morgan fingerprint density at radius 2 is 1.90 bits per heavy atom. The van der Waals surface area contributed by atoms with Gasteiger partial charge in [-0.2, -0.15) is 0 Å². The van der Waals surface area contributed by atoms with E-state index in [0.717, 1.165) is 19.3 Å². The number of hydrogen-bond acceptors (Lipinski definition) is 8. The first-order chi connectivity index (χ1) is 18.6. The number of esters is 1. The summed E-state index contributed by atoms with van der Waals surface area (Å²) in [7, 11) is 3.33. The average Bonchev–Trinajstić information content (AvgIpc) is 3.24. The number of ether oxygens (including phenoxy) is 3. The first kappa shape index (κ1) is 28.7. The molecule has 10 nitrogen and oxygen atoms in total. The molecular formula is C27H37F2N5O5. The molecule has 2 aliphatic rings. The molecule has 4 rings (SSSR count). The molecule has 2 aliphatic carbocycles. The molecule has 0 aromatic carbocycles. The van der Waals surface area contributed by atoms with Gasteiger partial charge in [-0.25, -0.2) is 23.2 Å². The van der Waals surface area contributed by atoms with Gasteiger partial charge in [0.1, 0.15) is 29.4 Å². The highest BCUT2D eigenvalue weighted by Crippen LogP contribution is 2.35. The Bertz CT molecular complexity index is 1150. The fourth-order valence-electron chi connectivity index (χ4n) is 4.94. The molecule has 0 N–H and O–H groups in total. The summed E-state index contributed by atoms with van der Waals surface area (Å²) in [5, 5.41) is 8.07. The molecule has 1 amide bonds. The second-order valence-electron chi connectivity index (χ2n) is 10.7. The van der Waals surface area contributed by atoms with Gasteiger partial charge in [0, 0.05) is 20.6 Å². The highest BCUT2D eigenvalue weighted by atomic mass is 19.3. The van der Waals surface area contributed by atoms with Crippen LogP contribution in [0.5, 0.6) is 5.75 Å². The first-order valence-corrected chi connectivity index (χ1v) is 13.5.